The maximum absolute atomic E-state index is 13.3. The Balaban J connectivity index is 0.00000228. The molecule has 0 radical (unpaired) electrons. The molecule has 1 aromatic heterocycles. The first kappa shape index (κ1) is 30.4. The topological polar surface area (TPSA) is 65.5 Å². The average Bonchev–Trinajstić information content (AvgIpc) is 3.13. The summed E-state index contributed by atoms with van der Waals surface area (Å²) >= 11 is 6.07. The number of aromatic nitrogens is 1. The number of pyridine rings is 1. The molecule has 2 aromatic rings. The van der Waals surface area contributed by atoms with E-state index < -0.39 is 0 Å². The van der Waals surface area contributed by atoms with Gasteiger partial charge in [0.1, 0.15) is 0 Å². The van der Waals surface area contributed by atoms with E-state index in [0.29, 0.717) is 17.5 Å². The molecule has 0 aliphatic carbocycles. The Hall–Kier alpha value is -1.86. The van der Waals surface area contributed by atoms with Gasteiger partial charge in [0.05, 0.1) is 11.5 Å². The zero-order valence-corrected chi connectivity index (χ0v) is 23.4. The highest BCUT2D eigenvalue weighted by atomic mass is 35.5. The molecule has 1 unspecified atom stereocenters. The van der Waals surface area contributed by atoms with Crippen molar-refractivity contribution >= 4 is 48.2 Å². The zero-order chi connectivity index (χ0) is 24.1. The van der Waals surface area contributed by atoms with E-state index in [4.69, 9.17) is 11.6 Å². The van der Waals surface area contributed by atoms with Crippen LogP contribution in [-0.4, -0.2) is 52.8 Å². The number of benzene rings is 1. The SMILES string of the molecule is CC(C)C(=O)NC(CCN1CCC2(CC1)CCN(Cc1cccnc1)C2=O)c1ccc(Cl)cc1.Cl.Cl. The van der Waals surface area contributed by atoms with Crippen molar-refractivity contribution in [1.82, 2.24) is 20.1 Å². The number of carbonyl (C=O) groups excluding carboxylic acids is 2. The maximum atomic E-state index is 13.3. The van der Waals surface area contributed by atoms with Crippen LogP contribution in [0.4, 0.5) is 0 Å². The lowest BCUT2D eigenvalue weighted by Crippen LogP contribution is -2.45. The lowest BCUT2D eigenvalue weighted by atomic mass is 9.77. The number of hydrogen-bond acceptors (Lipinski definition) is 4. The van der Waals surface area contributed by atoms with Gasteiger partial charge in [0.15, 0.2) is 0 Å². The summed E-state index contributed by atoms with van der Waals surface area (Å²) in [4.78, 5) is 34.3. The van der Waals surface area contributed by atoms with Gasteiger partial charge in [-0.25, -0.2) is 0 Å². The monoisotopic (exact) mass is 554 g/mol. The van der Waals surface area contributed by atoms with E-state index in [1.54, 1.807) is 6.20 Å². The van der Waals surface area contributed by atoms with Crippen molar-refractivity contribution in [1.29, 1.82) is 0 Å². The maximum Gasteiger partial charge on any atom is 0.229 e. The molecule has 2 amide bonds. The standard InChI is InChI=1S/C27H35ClN4O2.2ClH/c1-20(2)25(33)30-24(22-5-7-23(28)8-6-22)9-14-31-15-10-27(11-16-31)12-17-32(26(27)34)19-21-4-3-13-29-18-21;;/h3-8,13,18,20,24H,9-12,14-17,19H2,1-2H3,(H,30,33);2*1H. The molecule has 2 aliphatic rings. The van der Waals surface area contributed by atoms with Gasteiger partial charge in [0.2, 0.25) is 11.8 Å². The van der Waals surface area contributed by atoms with Crippen molar-refractivity contribution in [3.63, 3.8) is 0 Å². The number of piperidine rings is 1. The number of nitrogens with one attached hydrogen (secondary N) is 1. The first-order valence-corrected chi connectivity index (χ1v) is 12.7. The van der Waals surface area contributed by atoms with Gasteiger partial charge >= 0.3 is 0 Å². The highest BCUT2D eigenvalue weighted by molar-refractivity contribution is 6.30. The third kappa shape index (κ3) is 7.34. The predicted molar refractivity (Wildman–Crippen MR) is 149 cm³/mol. The molecule has 0 saturated carbocycles. The molecule has 2 fully saturated rings. The van der Waals surface area contributed by atoms with Gasteiger partial charge < -0.3 is 15.1 Å². The lowest BCUT2D eigenvalue weighted by molar-refractivity contribution is -0.139. The van der Waals surface area contributed by atoms with Crippen LogP contribution in [0.1, 0.15) is 56.7 Å². The van der Waals surface area contributed by atoms with Crippen LogP contribution in [0.25, 0.3) is 0 Å². The fourth-order valence-electron chi connectivity index (χ4n) is 5.09. The van der Waals surface area contributed by atoms with Crippen LogP contribution < -0.4 is 5.32 Å². The molecule has 36 heavy (non-hydrogen) atoms. The Bertz CT molecular complexity index is 980. The van der Waals surface area contributed by atoms with E-state index in [9.17, 15) is 9.59 Å². The number of nitrogens with zero attached hydrogens (tertiary/aromatic N) is 3. The first-order valence-electron chi connectivity index (χ1n) is 12.3. The minimum Gasteiger partial charge on any atom is -0.349 e. The van der Waals surface area contributed by atoms with Crippen molar-refractivity contribution in [2.24, 2.45) is 11.3 Å². The molecule has 1 N–H and O–H groups in total. The van der Waals surface area contributed by atoms with E-state index in [-0.39, 0.29) is 48.1 Å². The van der Waals surface area contributed by atoms with E-state index in [2.05, 4.69) is 15.2 Å². The fraction of sp³-hybridized carbons (Fsp3) is 0.519. The summed E-state index contributed by atoms with van der Waals surface area (Å²) in [6.07, 6.45) is 7.18. The summed E-state index contributed by atoms with van der Waals surface area (Å²) in [5.41, 5.74) is 1.95. The summed E-state index contributed by atoms with van der Waals surface area (Å²) in [5.74, 6) is 0.301. The second-order valence-electron chi connectivity index (χ2n) is 10.0. The number of carbonyl (C=O) groups is 2. The minimum absolute atomic E-state index is 0. The summed E-state index contributed by atoms with van der Waals surface area (Å²) in [7, 11) is 0. The number of hydrogen-bond donors (Lipinski definition) is 1. The number of halogens is 3. The normalized spacial score (nSPS) is 18.0. The second kappa shape index (κ2) is 13.6. The number of amides is 2. The molecule has 1 atom stereocenters. The van der Waals surface area contributed by atoms with E-state index >= 15 is 0 Å². The number of likely N-dealkylation sites (tertiary alicyclic amines) is 2. The van der Waals surface area contributed by atoms with Crippen LogP contribution in [0.2, 0.25) is 5.02 Å². The molecule has 1 spiro atoms. The third-order valence-electron chi connectivity index (χ3n) is 7.36. The molecular formula is C27H37Cl3N4O2. The molecule has 3 heterocycles. The summed E-state index contributed by atoms with van der Waals surface area (Å²) in [5, 5.41) is 3.89. The Kier molecular flexibility index (Phi) is 11.5. The smallest absolute Gasteiger partial charge is 0.229 e. The number of rotatable bonds is 8. The molecule has 198 valence electrons. The van der Waals surface area contributed by atoms with Gasteiger partial charge in [-0.15, -0.1) is 24.8 Å². The van der Waals surface area contributed by atoms with Gasteiger partial charge in [-0.1, -0.05) is 43.6 Å². The highest BCUT2D eigenvalue weighted by Gasteiger charge is 2.47. The van der Waals surface area contributed by atoms with Crippen molar-refractivity contribution in [2.45, 2.75) is 52.1 Å². The largest absolute Gasteiger partial charge is 0.349 e. The highest BCUT2D eigenvalue weighted by Crippen LogP contribution is 2.42. The van der Waals surface area contributed by atoms with Gasteiger partial charge in [-0.2, -0.15) is 0 Å². The molecular weight excluding hydrogens is 519 g/mol. The Morgan fingerprint density at radius 2 is 1.75 bits per heavy atom. The van der Waals surface area contributed by atoms with E-state index in [1.165, 1.54) is 0 Å². The summed E-state index contributed by atoms with van der Waals surface area (Å²) in [6.45, 7) is 8.01. The van der Waals surface area contributed by atoms with Crippen molar-refractivity contribution in [3.05, 3.63) is 64.9 Å². The van der Waals surface area contributed by atoms with Crippen molar-refractivity contribution in [3.8, 4) is 0 Å². The van der Waals surface area contributed by atoms with Crippen molar-refractivity contribution < 1.29 is 9.59 Å². The van der Waals surface area contributed by atoms with Crippen LogP contribution in [0.5, 0.6) is 0 Å². The van der Waals surface area contributed by atoms with E-state index in [1.807, 2.05) is 61.3 Å². The average molecular weight is 556 g/mol. The fourth-order valence-corrected chi connectivity index (χ4v) is 5.22. The lowest BCUT2D eigenvalue weighted by Gasteiger charge is -2.38. The summed E-state index contributed by atoms with van der Waals surface area (Å²) < 4.78 is 0. The molecule has 9 heteroatoms. The van der Waals surface area contributed by atoms with Gasteiger partial charge in [-0.3, -0.25) is 14.6 Å². The van der Waals surface area contributed by atoms with Crippen LogP contribution >= 0.6 is 36.4 Å². The molecule has 2 aliphatic heterocycles. The predicted octanol–water partition coefficient (Wildman–Crippen LogP) is 5.30. The second-order valence-corrected chi connectivity index (χ2v) is 10.5. The Morgan fingerprint density at radius 1 is 1.08 bits per heavy atom. The first-order chi connectivity index (χ1) is 16.4. The molecule has 0 bridgehead atoms. The van der Waals surface area contributed by atoms with Crippen molar-refractivity contribution in [2.75, 3.05) is 26.2 Å². The van der Waals surface area contributed by atoms with Crippen LogP contribution in [0.15, 0.2) is 48.8 Å². The van der Waals surface area contributed by atoms with E-state index in [0.717, 1.165) is 63.0 Å². The van der Waals surface area contributed by atoms with Gasteiger partial charge in [0.25, 0.3) is 0 Å². The van der Waals surface area contributed by atoms with Gasteiger partial charge in [-0.05, 0) is 68.1 Å². The molecule has 2 saturated heterocycles. The minimum atomic E-state index is -0.208. The Labute approximate surface area is 232 Å². The van der Waals surface area contributed by atoms with Crippen LogP contribution in [-0.2, 0) is 16.1 Å². The zero-order valence-electron chi connectivity index (χ0n) is 21.0. The summed E-state index contributed by atoms with van der Waals surface area (Å²) in [6, 6.07) is 11.6. The molecule has 1 aromatic carbocycles. The van der Waals surface area contributed by atoms with Crippen LogP contribution in [0.3, 0.4) is 0 Å². The molecule has 4 rings (SSSR count). The third-order valence-corrected chi connectivity index (χ3v) is 7.61. The Morgan fingerprint density at radius 3 is 2.36 bits per heavy atom. The molecule has 6 nitrogen and oxygen atoms in total. The van der Waals surface area contributed by atoms with Crippen LogP contribution in [0, 0.1) is 11.3 Å². The quantitative estimate of drug-likeness (QED) is 0.480. The van der Waals surface area contributed by atoms with Gasteiger partial charge in [0, 0.05) is 43.0 Å².